The Bertz CT molecular complexity index is 828. The van der Waals surface area contributed by atoms with E-state index in [9.17, 15) is 4.39 Å². The number of halogens is 1. The van der Waals surface area contributed by atoms with Crippen molar-refractivity contribution in [3.05, 3.63) is 66.5 Å². The van der Waals surface area contributed by atoms with E-state index in [1.54, 1.807) is 41.6 Å². The first-order chi connectivity index (χ1) is 11.3. The minimum atomic E-state index is -0.353. The molecule has 1 aromatic carbocycles. The van der Waals surface area contributed by atoms with E-state index in [1.165, 1.54) is 10.7 Å². The molecule has 0 fully saturated rings. The van der Waals surface area contributed by atoms with E-state index in [1.807, 2.05) is 12.1 Å². The Balaban J connectivity index is 1.55. The van der Waals surface area contributed by atoms with Crippen LogP contribution in [-0.2, 0) is 11.4 Å². The standard InChI is InChI=1S/C15H13FN6O/c16-13-8-11(2-3-15(13)22-6-1-4-18-22)14-9-12(23-19-14)10-21-7-5-17-20-21/h1-9,12,19H,10H2. The van der Waals surface area contributed by atoms with Crippen LogP contribution in [0.15, 0.2) is 55.1 Å². The summed E-state index contributed by atoms with van der Waals surface area (Å²) in [5, 5.41) is 11.7. The van der Waals surface area contributed by atoms with Gasteiger partial charge in [-0.1, -0.05) is 11.3 Å². The third-order valence-electron chi connectivity index (χ3n) is 3.52. The lowest BCUT2D eigenvalue weighted by Crippen LogP contribution is -2.18. The Morgan fingerprint density at radius 1 is 1.26 bits per heavy atom. The number of rotatable bonds is 4. The van der Waals surface area contributed by atoms with E-state index >= 15 is 0 Å². The molecule has 0 spiro atoms. The van der Waals surface area contributed by atoms with Crippen molar-refractivity contribution >= 4 is 5.70 Å². The fourth-order valence-corrected chi connectivity index (χ4v) is 2.42. The van der Waals surface area contributed by atoms with E-state index < -0.39 is 0 Å². The molecule has 1 atom stereocenters. The zero-order chi connectivity index (χ0) is 15.6. The van der Waals surface area contributed by atoms with Crippen LogP contribution in [0.3, 0.4) is 0 Å². The molecule has 3 heterocycles. The molecule has 7 nitrogen and oxygen atoms in total. The fourth-order valence-electron chi connectivity index (χ4n) is 2.42. The van der Waals surface area contributed by atoms with E-state index in [0.29, 0.717) is 17.8 Å². The van der Waals surface area contributed by atoms with E-state index in [0.717, 1.165) is 5.70 Å². The molecule has 0 radical (unpaired) electrons. The van der Waals surface area contributed by atoms with Crippen molar-refractivity contribution in [2.24, 2.45) is 0 Å². The van der Waals surface area contributed by atoms with Crippen molar-refractivity contribution in [1.82, 2.24) is 30.3 Å². The van der Waals surface area contributed by atoms with Crippen molar-refractivity contribution in [3.63, 3.8) is 0 Å². The Morgan fingerprint density at radius 2 is 2.22 bits per heavy atom. The van der Waals surface area contributed by atoms with Crippen molar-refractivity contribution in [1.29, 1.82) is 0 Å². The molecule has 0 saturated carbocycles. The van der Waals surface area contributed by atoms with Gasteiger partial charge in [0.2, 0.25) is 0 Å². The van der Waals surface area contributed by atoms with Gasteiger partial charge in [-0.25, -0.2) is 13.8 Å². The van der Waals surface area contributed by atoms with Crippen LogP contribution in [0.5, 0.6) is 0 Å². The van der Waals surface area contributed by atoms with Gasteiger partial charge in [-0.3, -0.25) is 10.3 Å². The largest absolute Gasteiger partial charge is 0.267 e. The van der Waals surface area contributed by atoms with Gasteiger partial charge in [0.05, 0.1) is 18.4 Å². The summed E-state index contributed by atoms with van der Waals surface area (Å²) in [6.45, 7) is 0.532. The average molecular weight is 312 g/mol. The summed E-state index contributed by atoms with van der Waals surface area (Å²) in [7, 11) is 0. The summed E-state index contributed by atoms with van der Waals surface area (Å²) in [6, 6.07) is 6.71. The highest BCUT2D eigenvalue weighted by molar-refractivity contribution is 5.66. The second-order valence-corrected chi connectivity index (χ2v) is 5.08. The predicted molar refractivity (Wildman–Crippen MR) is 79.5 cm³/mol. The average Bonchev–Trinajstić information content (AvgIpc) is 3.30. The molecule has 1 N–H and O–H groups in total. The van der Waals surface area contributed by atoms with Crippen molar-refractivity contribution in [3.8, 4) is 5.69 Å². The summed E-state index contributed by atoms with van der Waals surface area (Å²) >= 11 is 0. The summed E-state index contributed by atoms with van der Waals surface area (Å²) in [5.41, 5.74) is 4.66. The summed E-state index contributed by atoms with van der Waals surface area (Å²) in [6.07, 6.45) is 8.37. The molecule has 23 heavy (non-hydrogen) atoms. The Kier molecular flexibility index (Phi) is 3.35. The van der Waals surface area contributed by atoms with Gasteiger partial charge in [0.25, 0.3) is 0 Å². The van der Waals surface area contributed by atoms with Crippen LogP contribution in [0.25, 0.3) is 11.4 Å². The molecule has 8 heteroatoms. The molecular formula is C15H13FN6O. The van der Waals surface area contributed by atoms with Crippen LogP contribution < -0.4 is 5.48 Å². The van der Waals surface area contributed by atoms with Gasteiger partial charge in [0.15, 0.2) is 0 Å². The third kappa shape index (κ3) is 2.71. The highest BCUT2D eigenvalue weighted by atomic mass is 19.1. The minimum Gasteiger partial charge on any atom is -0.267 e. The topological polar surface area (TPSA) is 69.8 Å². The second-order valence-electron chi connectivity index (χ2n) is 5.08. The van der Waals surface area contributed by atoms with E-state index in [-0.39, 0.29) is 11.9 Å². The summed E-state index contributed by atoms with van der Waals surface area (Å²) in [5.74, 6) is -0.353. The number of nitrogens with one attached hydrogen (secondary N) is 1. The van der Waals surface area contributed by atoms with Crippen LogP contribution in [-0.4, -0.2) is 30.9 Å². The molecule has 0 bridgehead atoms. The molecule has 3 aromatic rings. The van der Waals surface area contributed by atoms with Crippen LogP contribution >= 0.6 is 0 Å². The molecule has 116 valence electrons. The Hall–Kier alpha value is -3.00. The van der Waals surface area contributed by atoms with Crippen molar-refractivity contribution in [2.75, 3.05) is 0 Å². The smallest absolute Gasteiger partial charge is 0.149 e. The van der Waals surface area contributed by atoms with Crippen LogP contribution in [0.2, 0.25) is 0 Å². The number of nitrogens with zero attached hydrogens (tertiary/aromatic N) is 5. The van der Waals surface area contributed by atoms with Gasteiger partial charge in [-0.15, -0.1) is 5.10 Å². The molecule has 1 aliphatic rings. The van der Waals surface area contributed by atoms with Gasteiger partial charge in [-0.05, 0) is 24.3 Å². The maximum absolute atomic E-state index is 14.3. The van der Waals surface area contributed by atoms with Crippen LogP contribution in [0.4, 0.5) is 4.39 Å². The lowest BCUT2D eigenvalue weighted by atomic mass is 10.1. The molecular weight excluding hydrogens is 299 g/mol. The lowest BCUT2D eigenvalue weighted by Gasteiger charge is -2.08. The molecule has 1 unspecified atom stereocenters. The summed E-state index contributed by atoms with van der Waals surface area (Å²) in [4.78, 5) is 5.46. The van der Waals surface area contributed by atoms with Crippen LogP contribution in [0.1, 0.15) is 5.56 Å². The molecule has 0 aliphatic carbocycles. The molecule has 0 amide bonds. The van der Waals surface area contributed by atoms with E-state index in [4.69, 9.17) is 4.84 Å². The predicted octanol–water partition coefficient (Wildman–Crippen LogP) is 1.55. The minimum absolute atomic E-state index is 0.194. The lowest BCUT2D eigenvalue weighted by molar-refractivity contribution is 0.0395. The van der Waals surface area contributed by atoms with Gasteiger partial charge >= 0.3 is 0 Å². The quantitative estimate of drug-likeness (QED) is 0.791. The molecule has 2 aromatic heterocycles. The first kappa shape index (κ1) is 13.6. The number of hydrogen-bond acceptors (Lipinski definition) is 5. The first-order valence-corrected chi connectivity index (χ1v) is 7.07. The Morgan fingerprint density at radius 3 is 2.96 bits per heavy atom. The third-order valence-corrected chi connectivity index (χ3v) is 3.52. The highest BCUT2D eigenvalue weighted by Crippen LogP contribution is 2.22. The number of hydrogen-bond donors (Lipinski definition) is 1. The molecule has 1 aliphatic heterocycles. The molecule has 4 rings (SSSR count). The zero-order valence-electron chi connectivity index (χ0n) is 12.0. The number of aromatic nitrogens is 5. The summed E-state index contributed by atoms with van der Waals surface area (Å²) < 4.78 is 17.4. The normalized spacial score (nSPS) is 17.1. The Labute approximate surface area is 130 Å². The maximum Gasteiger partial charge on any atom is 0.149 e. The van der Waals surface area contributed by atoms with Crippen molar-refractivity contribution in [2.45, 2.75) is 12.6 Å². The zero-order valence-corrected chi connectivity index (χ0v) is 12.0. The second kappa shape index (κ2) is 5.65. The first-order valence-electron chi connectivity index (χ1n) is 7.07. The van der Waals surface area contributed by atoms with Crippen molar-refractivity contribution < 1.29 is 9.23 Å². The molecule has 0 saturated heterocycles. The van der Waals surface area contributed by atoms with Gasteiger partial charge < -0.3 is 0 Å². The number of benzene rings is 1. The maximum atomic E-state index is 14.3. The van der Waals surface area contributed by atoms with Gasteiger partial charge in [0, 0.05) is 24.2 Å². The SMILES string of the molecule is Fc1cc(C2=CC(Cn3ccnn3)ON2)ccc1-n1cccn1. The monoisotopic (exact) mass is 312 g/mol. The van der Waals surface area contributed by atoms with Gasteiger partial charge in [-0.2, -0.15) is 5.10 Å². The van der Waals surface area contributed by atoms with Gasteiger partial charge in [0.1, 0.15) is 17.6 Å². The fraction of sp³-hybridized carbons (Fsp3) is 0.133. The van der Waals surface area contributed by atoms with Crippen LogP contribution in [0, 0.1) is 5.82 Å². The van der Waals surface area contributed by atoms with E-state index in [2.05, 4.69) is 20.9 Å². The number of hydroxylamine groups is 1. The highest BCUT2D eigenvalue weighted by Gasteiger charge is 2.19.